The van der Waals surface area contributed by atoms with Gasteiger partial charge in [-0.2, -0.15) is 4.39 Å². The minimum Gasteiger partial charge on any atom is -0.325 e. The Hall–Kier alpha value is -2.62. The largest absolute Gasteiger partial charge is 0.325 e. The third-order valence-electron chi connectivity index (χ3n) is 5.12. The van der Waals surface area contributed by atoms with Crippen LogP contribution in [0.2, 0.25) is 0 Å². The predicted octanol–water partition coefficient (Wildman–Crippen LogP) is 3.76. The Labute approximate surface area is 166 Å². The van der Waals surface area contributed by atoms with Crippen LogP contribution in [0.5, 0.6) is 0 Å². The predicted molar refractivity (Wildman–Crippen MR) is 101 cm³/mol. The van der Waals surface area contributed by atoms with Crippen LogP contribution in [0.15, 0.2) is 47.5 Å². The van der Waals surface area contributed by atoms with Gasteiger partial charge in [-0.3, -0.25) is 0 Å². The molecule has 6 nitrogen and oxygen atoms in total. The SMILES string of the molecule is CC(F)(C1CCN(C(=O)Nc2ccnc(F)c2)CC1)S(=O)(=O)c1cccc(F)c1. The van der Waals surface area contributed by atoms with Gasteiger partial charge in [-0.1, -0.05) is 6.07 Å². The number of alkyl halides is 1. The molecular formula is C19H20F3N3O3S. The Bertz CT molecular complexity index is 1010. The number of nitrogens with one attached hydrogen (secondary N) is 1. The fourth-order valence-electron chi connectivity index (χ4n) is 3.36. The van der Waals surface area contributed by atoms with Gasteiger partial charge in [0.25, 0.3) is 0 Å². The van der Waals surface area contributed by atoms with E-state index in [9.17, 15) is 22.0 Å². The van der Waals surface area contributed by atoms with Crippen molar-refractivity contribution in [1.82, 2.24) is 9.88 Å². The Morgan fingerprint density at radius 1 is 1.21 bits per heavy atom. The van der Waals surface area contributed by atoms with Gasteiger partial charge in [0.2, 0.25) is 20.8 Å². The van der Waals surface area contributed by atoms with Crippen molar-refractivity contribution in [2.45, 2.75) is 29.7 Å². The van der Waals surface area contributed by atoms with Gasteiger partial charge < -0.3 is 10.2 Å². The van der Waals surface area contributed by atoms with E-state index in [0.29, 0.717) is 0 Å². The van der Waals surface area contributed by atoms with E-state index in [4.69, 9.17) is 0 Å². The summed E-state index contributed by atoms with van der Waals surface area (Å²) < 4.78 is 67.4. The third-order valence-corrected chi connectivity index (χ3v) is 7.38. The normalized spacial score (nSPS) is 17.6. The number of nitrogens with zero attached hydrogens (tertiary/aromatic N) is 2. The minimum absolute atomic E-state index is 0.111. The molecule has 1 fully saturated rings. The quantitative estimate of drug-likeness (QED) is 0.754. The van der Waals surface area contributed by atoms with Gasteiger partial charge in [0.1, 0.15) is 5.82 Å². The second-order valence-electron chi connectivity index (χ2n) is 7.01. The molecule has 0 radical (unpaired) electrons. The molecule has 156 valence electrons. The summed E-state index contributed by atoms with van der Waals surface area (Å²) in [6.07, 6.45) is 1.43. The van der Waals surface area contributed by atoms with Crippen LogP contribution < -0.4 is 5.32 Å². The molecule has 1 N–H and O–H groups in total. The molecule has 2 amide bonds. The lowest BCUT2D eigenvalue weighted by Crippen LogP contribution is -2.48. The number of urea groups is 1. The molecule has 1 aliphatic rings. The van der Waals surface area contributed by atoms with Crippen molar-refractivity contribution in [3.63, 3.8) is 0 Å². The lowest BCUT2D eigenvalue weighted by Gasteiger charge is -2.37. The van der Waals surface area contributed by atoms with Gasteiger partial charge >= 0.3 is 6.03 Å². The number of likely N-dealkylation sites (tertiary alicyclic amines) is 1. The van der Waals surface area contributed by atoms with E-state index < -0.39 is 43.4 Å². The van der Waals surface area contributed by atoms with Crippen molar-refractivity contribution >= 4 is 21.6 Å². The smallest absolute Gasteiger partial charge is 0.321 e. The van der Waals surface area contributed by atoms with E-state index in [2.05, 4.69) is 10.3 Å². The Kier molecular flexibility index (Phi) is 5.83. The highest BCUT2D eigenvalue weighted by Gasteiger charge is 2.48. The van der Waals surface area contributed by atoms with Crippen molar-refractivity contribution < 1.29 is 26.4 Å². The first-order valence-corrected chi connectivity index (χ1v) is 10.5. The number of hydrogen-bond donors (Lipinski definition) is 1. The van der Waals surface area contributed by atoms with Crippen molar-refractivity contribution in [2.24, 2.45) is 5.92 Å². The van der Waals surface area contributed by atoms with Gasteiger partial charge in [-0.25, -0.2) is 27.0 Å². The Morgan fingerprint density at radius 3 is 2.52 bits per heavy atom. The van der Waals surface area contributed by atoms with Crippen LogP contribution in [0.25, 0.3) is 0 Å². The summed E-state index contributed by atoms with van der Waals surface area (Å²) in [5.74, 6) is -2.36. The highest BCUT2D eigenvalue weighted by atomic mass is 32.2. The molecule has 1 unspecified atom stereocenters. The molecule has 0 saturated carbocycles. The number of anilines is 1. The van der Waals surface area contributed by atoms with E-state index in [1.807, 2.05) is 0 Å². The number of aromatic nitrogens is 1. The van der Waals surface area contributed by atoms with E-state index >= 15 is 4.39 Å². The first kappa shape index (κ1) is 21.1. The Morgan fingerprint density at radius 2 is 1.90 bits per heavy atom. The number of halogens is 3. The average Bonchev–Trinajstić information content (AvgIpc) is 2.68. The molecule has 1 aliphatic heterocycles. The fraction of sp³-hybridized carbons (Fsp3) is 0.368. The molecule has 2 heterocycles. The first-order valence-electron chi connectivity index (χ1n) is 8.98. The number of pyridine rings is 1. The third kappa shape index (κ3) is 4.36. The van der Waals surface area contributed by atoms with Crippen molar-refractivity contribution in [3.8, 4) is 0 Å². The number of rotatable bonds is 4. The zero-order valence-corrected chi connectivity index (χ0v) is 16.4. The van der Waals surface area contributed by atoms with Crippen LogP contribution >= 0.6 is 0 Å². The maximum absolute atomic E-state index is 15.4. The number of amides is 2. The molecule has 1 aromatic carbocycles. The zero-order valence-electron chi connectivity index (χ0n) is 15.6. The maximum atomic E-state index is 15.4. The standard InChI is InChI=1S/C19H20F3N3O3S/c1-19(22,29(27,28)16-4-2-3-14(20)11-16)13-6-9-25(10-7-13)18(26)24-15-5-8-23-17(21)12-15/h2-5,8,11-13H,6-7,9-10H2,1H3,(H,23,24,26). The summed E-state index contributed by atoms with van der Waals surface area (Å²) >= 11 is 0. The summed E-state index contributed by atoms with van der Waals surface area (Å²) in [5.41, 5.74) is 0.230. The highest BCUT2D eigenvalue weighted by molar-refractivity contribution is 7.92. The molecule has 0 aliphatic carbocycles. The van der Waals surface area contributed by atoms with Crippen LogP contribution in [0.1, 0.15) is 19.8 Å². The topological polar surface area (TPSA) is 79.4 Å². The van der Waals surface area contributed by atoms with Crippen LogP contribution in [-0.4, -0.2) is 42.4 Å². The molecule has 0 spiro atoms. The minimum atomic E-state index is -4.43. The van der Waals surface area contributed by atoms with Gasteiger partial charge in [0.15, 0.2) is 0 Å². The monoisotopic (exact) mass is 427 g/mol. The molecule has 1 saturated heterocycles. The molecule has 3 rings (SSSR count). The van der Waals surface area contributed by atoms with E-state index in [0.717, 1.165) is 31.2 Å². The number of piperidine rings is 1. The lowest BCUT2D eigenvalue weighted by molar-refractivity contribution is 0.117. The van der Waals surface area contributed by atoms with Crippen molar-refractivity contribution in [1.29, 1.82) is 0 Å². The van der Waals surface area contributed by atoms with Crippen molar-refractivity contribution in [2.75, 3.05) is 18.4 Å². The number of carbonyl (C=O) groups excluding carboxylic acids is 1. The van der Waals surface area contributed by atoms with E-state index in [1.165, 1.54) is 23.2 Å². The molecule has 29 heavy (non-hydrogen) atoms. The second kappa shape index (κ2) is 8.02. The van der Waals surface area contributed by atoms with E-state index in [1.54, 1.807) is 0 Å². The first-order chi connectivity index (χ1) is 13.6. The number of benzene rings is 1. The summed E-state index contributed by atoms with van der Waals surface area (Å²) in [5, 5.41) is -0.0918. The molecular weight excluding hydrogens is 407 g/mol. The van der Waals surface area contributed by atoms with Gasteiger partial charge in [0, 0.05) is 37.0 Å². The number of hydrogen-bond acceptors (Lipinski definition) is 4. The Balaban J connectivity index is 1.67. The zero-order chi connectivity index (χ0) is 21.2. The maximum Gasteiger partial charge on any atom is 0.321 e. The van der Waals surface area contributed by atoms with Crippen LogP contribution in [0.4, 0.5) is 23.7 Å². The summed E-state index contributed by atoms with van der Waals surface area (Å²) in [4.78, 5) is 16.7. The molecule has 2 aromatic rings. The van der Waals surface area contributed by atoms with Gasteiger partial charge in [-0.15, -0.1) is 0 Å². The van der Waals surface area contributed by atoms with Gasteiger partial charge in [-0.05, 0) is 44.0 Å². The second-order valence-corrected chi connectivity index (χ2v) is 9.28. The summed E-state index contributed by atoms with van der Waals surface area (Å²) in [6, 6.07) is 6.25. The van der Waals surface area contributed by atoms with Crippen LogP contribution in [0.3, 0.4) is 0 Å². The van der Waals surface area contributed by atoms with E-state index in [-0.39, 0.29) is 31.6 Å². The number of carbonyl (C=O) groups is 1. The molecule has 1 atom stereocenters. The lowest BCUT2D eigenvalue weighted by atomic mass is 9.92. The average molecular weight is 427 g/mol. The summed E-state index contributed by atoms with van der Waals surface area (Å²) in [6.45, 7) is 1.23. The molecule has 0 bridgehead atoms. The fourth-order valence-corrected chi connectivity index (χ4v) is 5.03. The highest BCUT2D eigenvalue weighted by Crippen LogP contribution is 2.39. The summed E-state index contributed by atoms with van der Waals surface area (Å²) in [7, 11) is -4.43. The molecule has 10 heteroatoms. The number of sulfone groups is 1. The van der Waals surface area contributed by atoms with Crippen LogP contribution in [0, 0.1) is 17.7 Å². The van der Waals surface area contributed by atoms with Gasteiger partial charge in [0.05, 0.1) is 4.90 Å². The van der Waals surface area contributed by atoms with Crippen LogP contribution in [-0.2, 0) is 9.84 Å². The molecule has 1 aromatic heterocycles. The van der Waals surface area contributed by atoms with Crippen molar-refractivity contribution in [3.05, 3.63) is 54.4 Å².